The Morgan fingerprint density at radius 3 is 2.62 bits per heavy atom. The summed E-state index contributed by atoms with van der Waals surface area (Å²) in [6.07, 6.45) is 2.28. The van der Waals surface area contributed by atoms with E-state index in [1.807, 2.05) is 28.9 Å². The first-order chi connectivity index (χ1) is 10.3. The second-order valence-electron chi connectivity index (χ2n) is 5.60. The van der Waals surface area contributed by atoms with Gasteiger partial charge in [0.05, 0.1) is 12.0 Å². The number of hydrogen-bond acceptors (Lipinski definition) is 5. The smallest absolute Gasteiger partial charge is 0.230 e. The summed E-state index contributed by atoms with van der Waals surface area (Å²) in [6.45, 7) is 1.53. The number of aromatic nitrogens is 4. The molecule has 1 aliphatic heterocycles. The molecular formula is C14H16N6O. The number of rotatable bonds is 4. The van der Waals surface area contributed by atoms with Crippen molar-refractivity contribution in [3.8, 4) is 11.4 Å². The van der Waals surface area contributed by atoms with Crippen molar-refractivity contribution in [3.05, 3.63) is 24.3 Å². The molecule has 1 saturated carbocycles. The number of carbonyl (C=O) groups excluding carboxylic acids is 1. The first-order valence-corrected chi connectivity index (χ1v) is 7.21. The molecule has 2 aliphatic rings. The molecule has 21 heavy (non-hydrogen) atoms. The number of carbonyl (C=O) groups is 1. The van der Waals surface area contributed by atoms with Gasteiger partial charge in [-0.15, -0.1) is 5.10 Å². The lowest BCUT2D eigenvalue weighted by atomic mass is 10.0. The van der Waals surface area contributed by atoms with Gasteiger partial charge in [0.15, 0.2) is 5.82 Å². The van der Waals surface area contributed by atoms with Crippen LogP contribution in [0, 0.1) is 5.92 Å². The van der Waals surface area contributed by atoms with E-state index in [9.17, 15) is 4.79 Å². The molecule has 4 rings (SSSR count). The fourth-order valence-corrected chi connectivity index (χ4v) is 2.37. The van der Waals surface area contributed by atoms with Crippen molar-refractivity contribution < 1.29 is 4.79 Å². The van der Waals surface area contributed by atoms with Crippen molar-refractivity contribution in [3.63, 3.8) is 0 Å². The van der Waals surface area contributed by atoms with E-state index in [1.165, 1.54) is 0 Å². The number of nitrogens with zero attached hydrogens (tertiary/aromatic N) is 4. The number of nitrogens with one attached hydrogen (secondary N) is 2. The van der Waals surface area contributed by atoms with Crippen LogP contribution < -0.4 is 10.6 Å². The molecule has 1 aromatic heterocycles. The molecule has 1 aliphatic carbocycles. The average molecular weight is 284 g/mol. The van der Waals surface area contributed by atoms with Gasteiger partial charge in [0, 0.05) is 24.3 Å². The highest BCUT2D eigenvalue weighted by atomic mass is 16.2. The van der Waals surface area contributed by atoms with Crippen molar-refractivity contribution in [2.24, 2.45) is 5.92 Å². The number of tetrazole rings is 1. The Kier molecular flexibility index (Phi) is 2.92. The molecule has 0 unspecified atom stereocenters. The molecule has 0 atom stereocenters. The Bertz CT molecular complexity index is 656. The van der Waals surface area contributed by atoms with Crippen molar-refractivity contribution in [1.82, 2.24) is 25.5 Å². The van der Waals surface area contributed by atoms with Crippen LogP contribution in [-0.4, -0.2) is 39.2 Å². The summed E-state index contributed by atoms with van der Waals surface area (Å²) in [4.78, 5) is 11.9. The Morgan fingerprint density at radius 1 is 1.24 bits per heavy atom. The van der Waals surface area contributed by atoms with Crippen molar-refractivity contribution in [1.29, 1.82) is 0 Å². The van der Waals surface area contributed by atoms with Gasteiger partial charge in [-0.1, -0.05) is 0 Å². The largest absolute Gasteiger partial charge is 0.326 e. The van der Waals surface area contributed by atoms with Gasteiger partial charge in [-0.25, -0.2) is 4.68 Å². The zero-order valence-electron chi connectivity index (χ0n) is 11.5. The predicted molar refractivity (Wildman–Crippen MR) is 76.5 cm³/mol. The summed E-state index contributed by atoms with van der Waals surface area (Å²) in [5.41, 5.74) is 1.77. The minimum atomic E-state index is 0.0734. The van der Waals surface area contributed by atoms with Crippen LogP contribution in [0.4, 0.5) is 5.69 Å². The Hall–Kier alpha value is -2.28. The molecule has 1 saturated heterocycles. The molecule has 0 spiro atoms. The van der Waals surface area contributed by atoms with E-state index in [2.05, 4.69) is 26.2 Å². The van der Waals surface area contributed by atoms with E-state index in [1.54, 1.807) is 0 Å². The van der Waals surface area contributed by atoms with Crippen molar-refractivity contribution in [2.75, 3.05) is 18.4 Å². The Balaban J connectivity index is 1.50. The maximum atomic E-state index is 11.9. The van der Waals surface area contributed by atoms with E-state index in [4.69, 9.17) is 0 Å². The topological polar surface area (TPSA) is 84.7 Å². The lowest BCUT2D eigenvalue weighted by Crippen LogP contribution is -2.48. The lowest BCUT2D eigenvalue weighted by Gasteiger charge is -2.25. The standard InChI is InChI=1S/C14H16N6O/c21-14(10-7-15-8-10)16-11-3-1-9(2-4-11)13-17-18-19-20(13)12-5-6-12/h1-4,10,12,15H,5-8H2,(H,16,21). The van der Waals surface area contributed by atoms with Gasteiger partial charge < -0.3 is 10.6 Å². The fourth-order valence-electron chi connectivity index (χ4n) is 2.37. The zero-order valence-corrected chi connectivity index (χ0v) is 11.5. The Labute approximate surface area is 121 Å². The minimum absolute atomic E-state index is 0.0734. The number of amides is 1. The molecule has 7 nitrogen and oxygen atoms in total. The molecule has 2 aromatic rings. The first kappa shape index (κ1) is 12.5. The highest BCUT2D eigenvalue weighted by Crippen LogP contribution is 2.36. The second kappa shape index (κ2) is 4.92. The lowest BCUT2D eigenvalue weighted by molar-refractivity contribution is -0.121. The Morgan fingerprint density at radius 2 is 2.00 bits per heavy atom. The first-order valence-electron chi connectivity index (χ1n) is 7.21. The summed E-state index contributed by atoms with van der Waals surface area (Å²) >= 11 is 0. The van der Waals surface area contributed by atoms with Crippen LogP contribution in [0.3, 0.4) is 0 Å². The molecule has 0 bridgehead atoms. The van der Waals surface area contributed by atoms with Gasteiger partial charge in [0.2, 0.25) is 5.91 Å². The molecule has 2 heterocycles. The van der Waals surface area contributed by atoms with Crippen molar-refractivity contribution in [2.45, 2.75) is 18.9 Å². The molecule has 7 heteroatoms. The number of anilines is 1. The predicted octanol–water partition coefficient (Wildman–Crippen LogP) is 0.833. The van der Waals surface area contributed by atoms with Gasteiger partial charge in [0.1, 0.15) is 0 Å². The summed E-state index contributed by atoms with van der Waals surface area (Å²) in [5.74, 6) is 0.953. The van der Waals surface area contributed by atoms with E-state index >= 15 is 0 Å². The monoisotopic (exact) mass is 284 g/mol. The maximum Gasteiger partial charge on any atom is 0.230 e. The van der Waals surface area contributed by atoms with Gasteiger partial charge in [-0.2, -0.15) is 0 Å². The van der Waals surface area contributed by atoms with Gasteiger partial charge in [-0.3, -0.25) is 4.79 Å². The fraction of sp³-hybridized carbons (Fsp3) is 0.429. The van der Waals surface area contributed by atoms with Crippen LogP contribution in [-0.2, 0) is 4.79 Å². The van der Waals surface area contributed by atoms with Crippen LogP contribution in [0.5, 0.6) is 0 Å². The summed E-state index contributed by atoms with van der Waals surface area (Å²) in [5, 5.41) is 17.9. The molecule has 108 valence electrons. The average Bonchev–Trinajstić information content (AvgIpc) is 3.15. The van der Waals surface area contributed by atoms with E-state index in [0.29, 0.717) is 6.04 Å². The molecule has 0 radical (unpaired) electrons. The third-order valence-electron chi connectivity index (χ3n) is 3.95. The van der Waals surface area contributed by atoms with Gasteiger partial charge in [-0.05, 0) is 47.5 Å². The molecule has 2 N–H and O–H groups in total. The second-order valence-corrected chi connectivity index (χ2v) is 5.60. The van der Waals surface area contributed by atoms with Crippen LogP contribution in [0.15, 0.2) is 24.3 Å². The third kappa shape index (κ3) is 2.40. The van der Waals surface area contributed by atoms with Crippen LogP contribution >= 0.6 is 0 Å². The SMILES string of the molecule is O=C(Nc1ccc(-c2nnnn2C2CC2)cc1)C1CNC1. The van der Waals surface area contributed by atoms with Crippen molar-refractivity contribution >= 4 is 11.6 Å². The maximum absolute atomic E-state index is 11.9. The van der Waals surface area contributed by atoms with Crippen LogP contribution in [0.1, 0.15) is 18.9 Å². The zero-order chi connectivity index (χ0) is 14.2. The van der Waals surface area contributed by atoms with Crippen LogP contribution in [0.25, 0.3) is 11.4 Å². The number of benzene rings is 1. The number of hydrogen-bond donors (Lipinski definition) is 2. The van der Waals surface area contributed by atoms with E-state index in [0.717, 1.165) is 43.0 Å². The highest BCUT2D eigenvalue weighted by Gasteiger charge is 2.28. The normalized spacial score (nSPS) is 18.3. The van der Waals surface area contributed by atoms with E-state index in [-0.39, 0.29) is 11.8 Å². The summed E-state index contributed by atoms with van der Waals surface area (Å²) in [6, 6.07) is 8.12. The van der Waals surface area contributed by atoms with Crippen LogP contribution in [0.2, 0.25) is 0 Å². The summed E-state index contributed by atoms with van der Waals surface area (Å²) < 4.78 is 1.88. The quantitative estimate of drug-likeness (QED) is 0.869. The van der Waals surface area contributed by atoms with Gasteiger partial charge in [0.25, 0.3) is 0 Å². The molecule has 1 aromatic carbocycles. The van der Waals surface area contributed by atoms with E-state index < -0.39 is 0 Å². The summed E-state index contributed by atoms with van der Waals surface area (Å²) in [7, 11) is 0. The molecule has 1 amide bonds. The highest BCUT2D eigenvalue weighted by molar-refractivity contribution is 5.93. The third-order valence-corrected chi connectivity index (χ3v) is 3.95. The van der Waals surface area contributed by atoms with Gasteiger partial charge >= 0.3 is 0 Å². The molecular weight excluding hydrogens is 268 g/mol. The molecule has 2 fully saturated rings. The minimum Gasteiger partial charge on any atom is -0.326 e.